The Morgan fingerprint density at radius 2 is 2.57 bits per heavy atom. The molecule has 1 rings (SSSR count). The molecule has 0 aromatic carbocycles. The summed E-state index contributed by atoms with van der Waals surface area (Å²) in [5.41, 5.74) is 0. The molecule has 0 saturated carbocycles. The quantitative estimate of drug-likeness (QED) is 0.470. The van der Waals surface area contributed by atoms with Gasteiger partial charge in [-0.2, -0.15) is 0 Å². The summed E-state index contributed by atoms with van der Waals surface area (Å²) in [5, 5.41) is 11.6. The van der Waals surface area contributed by atoms with Gasteiger partial charge in [0.2, 0.25) is 0 Å². The second-order valence-electron chi connectivity index (χ2n) is 1.69. The maximum absolute atomic E-state index is 8.71. The summed E-state index contributed by atoms with van der Waals surface area (Å²) in [6.45, 7) is 1.00. The van der Waals surface area contributed by atoms with Gasteiger partial charge < -0.3 is 10.4 Å². The molecule has 2 nitrogen and oxygen atoms in total. The SMILES string of the molecule is OC1=CNCCC1. The molecule has 0 aromatic rings. The lowest BCUT2D eigenvalue weighted by Crippen LogP contribution is -2.13. The third-order valence-electron chi connectivity index (χ3n) is 1.02. The zero-order valence-corrected chi connectivity index (χ0v) is 4.15. The van der Waals surface area contributed by atoms with E-state index < -0.39 is 0 Å². The van der Waals surface area contributed by atoms with Crippen molar-refractivity contribution in [3.8, 4) is 0 Å². The van der Waals surface area contributed by atoms with E-state index in [1.807, 2.05) is 0 Å². The monoisotopic (exact) mass is 99.1 g/mol. The minimum atomic E-state index is 0.478. The van der Waals surface area contributed by atoms with Gasteiger partial charge in [0.1, 0.15) is 5.76 Å². The summed E-state index contributed by atoms with van der Waals surface area (Å²) in [7, 11) is 0. The van der Waals surface area contributed by atoms with Crippen molar-refractivity contribution in [2.24, 2.45) is 0 Å². The molecule has 0 amide bonds. The van der Waals surface area contributed by atoms with Crippen molar-refractivity contribution in [3.05, 3.63) is 12.0 Å². The highest BCUT2D eigenvalue weighted by molar-refractivity contribution is 4.92. The summed E-state index contributed by atoms with van der Waals surface area (Å²) < 4.78 is 0. The molecule has 0 atom stereocenters. The first-order valence-corrected chi connectivity index (χ1v) is 2.51. The van der Waals surface area contributed by atoms with E-state index in [1.54, 1.807) is 6.20 Å². The van der Waals surface area contributed by atoms with Crippen LogP contribution in [-0.2, 0) is 0 Å². The molecule has 2 N–H and O–H groups in total. The number of hydrogen-bond donors (Lipinski definition) is 2. The number of allylic oxidation sites excluding steroid dienone is 1. The Balaban J connectivity index is 2.40. The Labute approximate surface area is 42.8 Å². The van der Waals surface area contributed by atoms with E-state index >= 15 is 0 Å². The number of aliphatic hydroxyl groups is 1. The van der Waals surface area contributed by atoms with E-state index in [4.69, 9.17) is 5.11 Å². The van der Waals surface area contributed by atoms with Crippen molar-refractivity contribution < 1.29 is 5.11 Å². The first-order valence-electron chi connectivity index (χ1n) is 2.51. The summed E-state index contributed by atoms with van der Waals surface area (Å²) >= 11 is 0. The smallest absolute Gasteiger partial charge is 0.108 e. The van der Waals surface area contributed by atoms with Crippen LogP contribution < -0.4 is 5.32 Å². The van der Waals surface area contributed by atoms with Gasteiger partial charge in [0.25, 0.3) is 0 Å². The van der Waals surface area contributed by atoms with Crippen molar-refractivity contribution in [2.45, 2.75) is 12.8 Å². The van der Waals surface area contributed by atoms with E-state index in [0.717, 1.165) is 19.4 Å². The molecule has 7 heavy (non-hydrogen) atoms. The lowest BCUT2D eigenvalue weighted by atomic mass is 10.2. The molecule has 1 aliphatic rings. The van der Waals surface area contributed by atoms with Crippen LogP contribution in [0.3, 0.4) is 0 Å². The first-order chi connectivity index (χ1) is 3.39. The molecule has 0 spiro atoms. The van der Waals surface area contributed by atoms with E-state index in [1.165, 1.54) is 0 Å². The van der Waals surface area contributed by atoms with E-state index in [0.29, 0.717) is 5.76 Å². The fourth-order valence-electron chi connectivity index (χ4n) is 0.634. The molecular formula is C5H9NO. The molecule has 0 bridgehead atoms. The van der Waals surface area contributed by atoms with Crippen LogP contribution in [0.2, 0.25) is 0 Å². The highest BCUT2D eigenvalue weighted by atomic mass is 16.3. The van der Waals surface area contributed by atoms with Crippen molar-refractivity contribution >= 4 is 0 Å². The standard InChI is InChI=1S/C5H9NO/c7-5-2-1-3-6-4-5/h4,6-7H,1-3H2. The second kappa shape index (κ2) is 1.87. The van der Waals surface area contributed by atoms with E-state index in [2.05, 4.69) is 5.32 Å². The average molecular weight is 99.1 g/mol. The minimum absolute atomic E-state index is 0.478. The first kappa shape index (κ1) is 4.50. The molecule has 0 unspecified atom stereocenters. The summed E-state index contributed by atoms with van der Waals surface area (Å²) in [5.74, 6) is 0.478. The minimum Gasteiger partial charge on any atom is -0.511 e. The third-order valence-corrected chi connectivity index (χ3v) is 1.02. The van der Waals surface area contributed by atoms with Gasteiger partial charge in [-0.1, -0.05) is 0 Å². The molecule has 0 fully saturated rings. The number of rotatable bonds is 0. The van der Waals surface area contributed by atoms with Crippen molar-refractivity contribution in [1.82, 2.24) is 5.32 Å². The molecule has 0 aliphatic carbocycles. The van der Waals surface area contributed by atoms with Crippen LogP contribution in [0.1, 0.15) is 12.8 Å². The number of aliphatic hydroxyl groups excluding tert-OH is 1. The zero-order chi connectivity index (χ0) is 5.11. The predicted octanol–water partition coefficient (Wildman–Crippen LogP) is 0.769. The molecule has 0 radical (unpaired) electrons. The lowest BCUT2D eigenvalue weighted by molar-refractivity contribution is 0.367. The van der Waals surface area contributed by atoms with Crippen LogP contribution in [0.25, 0.3) is 0 Å². The van der Waals surface area contributed by atoms with Crippen LogP contribution in [-0.4, -0.2) is 11.7 Å². The van der Waals surface area contributed by atoms with Crippen LogP contribution in [0.15, 0.2) is 12.0 Å². The van der Waals surface area contributed by atoms with E-state index in [9.17, 15) is 0 Å². The average Bonchev–Trinajstić information content (AvgIpc) is 1.69. The predicted molar refractivity (Wildman–Crippen MR) is 27.9 cm³/mol. The maximum Gasteiger partial charge on any atom is 0.108 e. The van der Waals surface area contributed by atoms with Crippen molar-refractivity contribution in [1.29, 1.82) is 0 Å². The molecule has 1 aliphatic heterocycles. The topological polar surface area (TPSA) is 32.3 Å². The van der Waals surface area contributed by atoms with Gasteiger partial charge in [0, 0.05) is 19.2 Å². The largest absolute Gasteiger partial charge is 0.511 e. The van der Waals surface area contributed by atoms with Crippen LogP contribution in [0.4, 0.5) is 0 Å². The Hall–Kier alpha value is -0.660. The second-order valence-corrected chi connectivity index (χ2v) is 1.69. The molecule has 0 saturated heterocycles. The summed E-state index contributed by atoms with van der Waals surface area (Å²) in [6.07, 6.45) is 3.55. The van der Waals surface area contributed by atoms with Crippen LogP contribution >= 0.6 is 0 Å². The van der Waals surface area contributed by atoms with Crippen LogP contribution in [0.5, 0.6) is 0 Å². The Bertz CT molecular complexity index is 88.1. The molecule has 0 aromatic heterocycles. The number of nitrogens with one attached hydrogen (secondary N) is 1. The molecule has 40 valence electrons. The fraction of sp³-hybridized carbons (Fsp3) is 0.600. The normalized spacial score (nSPS) is 20.3. The number of hydrogen-bond acceptors (Lipinski definition) is 2. The lowest BCUT2D eigenvalue weighted by Gasteiger charge is -2.07. The van der Waals surface area contributed by atoms with Gasteiger partial charge in [0.15, 0.2) is 0 Å². The van der Waals surface area contributed by atoms with E-state index in [-0.39, 0.29) is 0 Å². The van der Waals surface area contributed by atoms with Crippen molar-refractivity contribution in [2.75, 3.05) is 6.54 Å². The van der Waals surface area contributed by atoms with Crippen LogP contribution in [0, 0.1) is 0 Å². The van der Waals surface area contributed by atoms with Gasteiger partial charge in [-0.25, -0.2) is 0 Å². The van der Waals surface area contributed by atoms with Gasteiger partial charge in [-0.3, -0.25) is 0 Å². The summed E-state index contributed by atoms with van der Waals surface area (Å²) in [6, 6.07) is 0. The van der Waals surface area contributed by atoms with Crippen molar-refractivity contribution in [3.63, 3.8) is 0 Å². The Morgan fingerprint density at radius 1 is 1.71 bits per heavy atom. The summed E-state index contributed by atoms with van der Waals surface area (Å²) in [4.78, 5) is 0. The molecule has 2 heteroatoms. The van der Waals surface area contributed by atoms with Gasteiger partial charge in [-0.15, -0.1) is 0 Å². The zero-order valence-electron chi connectivity index (χ0n) is 4.15. The molecular weight excluding hydrogens is 90.1 g/mol. The van der Waals surface area contributed by atoms with Gasteiger partial charge in [-0.05, 0) is 6.42 Å². The fourth-order valence-corrected chi connectivity index (χ4v) is 0.634. The third kappa shape index (κ3) is 1.11. The Kier molecular flexibility index (Phi) is 1.20. The Morgan fingerprint density at radius 3 is 2.86 bits per heavy atom. The van der Waals surface area contributed by atoms with Gasteiger partial charge >= 0.3 is 0 Å². The maximum atomic E-state index is 8.71. The highest BCUT2D eigenvalue weighted by Gasteiger charge is 1.96. The van der Waals surface area contributed by atoms with Gasteiger partial charge in [0.05, 0.1) is 0 Å². The highest BCUT2D eigenvalue weighted by Crippen LogP contribution is 2.01. The molecule has 1 heterocycles.